The summed E-state index contributed by atoms with van der Waals surface area (Å²) in [6.45, 7) is 0. The van der Waals surface area contributed by atoms with Gasteiger partial charge in [-0.2, -0.15) is 0 Å². The summed E-state index contributed by atoms with van der Waals surface area (Å²) in [5, 5.41) is 0. The highest BCUT2D eigenvalue weighted by molar-refractivity contribution is 9.10. The summed E-state index contributed by atoms with van der Waals surface area (Å²) in [4.78, 5) is 0.268. The molecule has 2 aromatic carbocycles. The van der Waals surface area contributed by atoms with Crippen LogP contribution >= 0.6 is 28.3 Å². The van der Waals surface area contributed by atoms with Gasteiger partial charge in [0.2, 0.25) is 10.0 Å². The zero-order valence-corrected chi connectivity index (χ0v) is 15.5. The number of nitrogens with two attached hydrogens (primary N) is 1. The van der Waals surface area contributed by atoms with Crippen molar-refractivity contribution in [2.75, 3.05) is 5.73 Å². The first-order valence-electron chi connectivity index (χ1n) is 7.12. The first kappa shape index (κ1) is 18.3. The lowest BCUT2D eigenvalue weighted by atomic mass is 9.88. The van der Waals surface area contributed by atoms with E-state index in [-0.39, 0.29) is 23.3 Å². The second-order valence-corrected chi connectivity index (χ2v) is 8.11. The quantitative estimate of drug-likeness (QED) is 0.746. The van der Waals surface area contributed by atoms with Gasteiger partial charge in [-0.15, -0.1) is 12.4 Å². The van der Waals surface area contributed by atoms with Gasteiger partial charge in [-0.1, -0.05) is 28.1 Å². The van der Waals surface area contributed by atoms with E-state index in [0.29, 0.717) is 5.69 Å². The fourth-order valence-electron chi connectivity index (χ4n) is 2.85. The lowest BCUT2D eigenvalue weighted by Crippen LogP contribution is -2.31. The van der Waals surface area contributed by atoms with Gasteiger partial charge in [-0.05, 0) is 60.7 Å². The van der Waals surface area contributed by atoms with Gasteiger partial charge < -0.3 is 5.73 Å². The van der Waals surface area contributed by atoms with E-state index in [1.807, 2.05) is 18.2 Å². The standard InChI is InChI=1S/C16H17BrN2O2S.ClH/c17-12-4-2-5-14(10-12)22(20,21)19-16-6-1-3-11-9-13(18)7-8-15(11)16;/h2,4-5,7-10,16,19H,1,3,6,18H2;1H. The molecule has 0 amide bonds. The summed E-state index contributed by atoms with van der Waals surface area (Å²) >= 11 is 3.31. The predicted octanol–water partition coefficient (Wildman–Crippen LogP) is 3.81. The van der Waals surface area contributed by atoms with E-state index in [1.165, 1.54) is 0 Å². The number of anilines is 1. The first-order chi connectivity index (χ1) is 10.5. The van der Waals surface area contributed by atoms with E-state index in [1.54, 1.807) is 24.3 Å². The van der Waals surface area contributed by atoms with Crippen LogP contribution in [-0.2, 0) is 16.4 Å². The molecule has 3 N–H and O–H groups in total. The van der Waals surface area contributed by atoms with Crippen molar-refractivity contribution < 1.29 is 8.42 Å². The van der Waals surface area contributed by atoms with E-state index < -0.39 is 10.0 Å². The molecule has 0 aromatic heterocycles. The van der Waals surface area contributed by atoms with E-state index in [4.69, 9.17) is 5.73 Å². The Labute approximate surface area is 151 Å². The lowest BCUT2D eigenvalue weighted by molar-refractivity contribution is 0.507. The molecular weight excluding hydrogens is 400 g/mol. The molecule has 7 heteroatoms. The fourth-order valence-corrected chi connectivity index (χ4v) is 4.69. The molecule has 23 heavy (non-hydrogen) atoms. The number of halogens is 2. The van der Waals surface area contributed by atoms with Crippen molar-refractivity contribution in [1.82, 2.24) is 4.72 Å². The molecule has 2 aromatic rings. The topological polar surface area (TPSA) is 72.2 Å². The number of hydrogen-bond acceptors (Lipinski definition) is 3. The summed E-state index contributed by atoms with van der Waals surface area (Å²) in [6, 6.07) is 12.2. The zero-order chi connectivity index (χ0) is 15.7. The summed E-state index contributed by atoms with van der Waals surface area (Å²) < 4.78 is 28.7. The molecule has 0 fully saturated rings. The number of nitrogens with one attached hydrogen (secondary N) is 1. The average molecular weight is 418 g/mol. The second kappa shape index (κ2) is 7.21. The minimum Gasteiger partial charge on any atom is -0.399 e. The third-order valence-corrected chi connectivity index (χ3v) is 5.85. The first-order valence-corrected chi connectivity index (χ1v) is 9.39. The Kier molecular flexibility index (Phi) is 5.73. The predicted molar refractivity (Wildman–Crippen MR) is 98.2 cm³/mol. The Morgan fingerprint density at radius 1 is 1.17 bits per heavy atom. The maximum atomic E-state index is 12.6. The summed E-state index contributed by atoms with van der Waals surface area (Å²) in [5.74, 6) is 0. The number of benzene rings is 2. The molecule has 1 aliphatic carbocycles. The van der Waals surface area contributed by atoms with Gasteiger partial charge in [-0.25, -0.2) is 13.1 Å². The van der Waals surface area contributed by atoms with Crippen LogP contribution in [0.5, 0.6) is 0 Å². The molecule has 4 nitrogen and oxygen atoms in total. The molecule has 1 unspecified atom stereocenters. The Hall–Kier alpha value is -1.08. The molecule has 0 bridgehead atoms. The van der Waals surface area contributed by atoms with Gasteiger partial charge in [0, 0.05) is 16.2 Å². The van der Waals surface area contributed by atoms with Crippen LogP contribution in [0.4, 0.5) is 5.69 Å². The third kappa shape index (κ3) is 4.07. The molecule has 0 saturated carbocycles. The lowest BCUT2D eigenvalue weighted by Gasteiger charge is -2.26. The van der Waals surface area contributed by atoms with Gasteiger partial charge in [-0.3, -0.25) is 0 Å². The van der Waals surface area contributed by atoms with Crippen LogP contribution in [0.2, 0.25) is 0 Å². The average Bonchev–Trinajstić information content (AvgIpc) is 2.47. The zero-order valence-electron chi connectivity index (χ0n) is 12.3. The summed E-state index contributed by atoms with van der Waals surface area (Å²) in [7, 11) is -3.55. The Morgan fingerprint density at radius 2 is 1.96 bits per heavy atom. The smallest absolute Gasteiger partial charge is 0.241 e. The van der Waals surface area contributed by atoms with Crippen LogP contribution in [0.15, 0.2) is 51.8 Å². The van der Waals surface area contributed by atoms with E-state index >= 15 is 0 Å². The molecule has 0 heterocycles. The van der Waals surface area contributed by atoms with Crippen molar-refractivity contribution in [1.29, 1.82) is 0 Å². The number of rotatable bonds is 3. The largest absolute Gasteiger partial charge is 0.399 e. The number of aryl methyl sites for hydroxylation is 1. The maximum Gasteiger partial charge on any atom is 0.241 e. The highest BCUT2D eigenvalue weighted by atomic mass is 79.9. The number of fused-ring (bicyclic) bond motifs is 1. The van der Waals surface area contributed by atoms with Gasteiger partial charge >= 0.3 is 0 Å². The van der Waals surface area contributed by atoms with Gasteiger partial charge in [0.25, 0.3) is 0 Å². The molecule has 3 rings (SSSR count). The molecular formula is C16H18BrClN2O2S. The minimum absolute atomic E-state index is 0. The van der Waals surface area contributed by atoms with Crippen LogP contribution in [0.25, 0.3) is 0 Å². The second-order valence-electron chi connectivity index (χ2n) is 5.48. The number of hydrogen-bond donors (Lipinski definition) is 2. The van der Waals surface area contributed by atoms with Gasteiger partial charge in [0.1, 0.15) is 0 Å². The molecule has 1 atom stereocenters. The van der Waals surface area contributed by atoms with Crippen molar-refractivity contribution in [3.8, 4) is 0 Å². The van der Waals surface area contributed by atoms with Crippen LogP contribution in [0, 0.1) is 0 Å². The Bertz CT molecular complexity index is 811. The SMILES string of the molecule is Cl.Nc1ccc2c(c1)CCCC2NS(=O)(=O)c1cccc(Br)c1. The van der Waals surface area contributed by atoms with Crippen molar-refractivity contribution in [3.05, 3.63) is 58.1 Å². The maximum absolute atomic E-state index is 12.6. The fraction of sp³-hybridized carbons (Fsp3) is 0.250. The van der Waals surface area contributed by atoms with Crippen LogP contribution < -0.4 is 10.5 Å². The Balaban J connectivity index is 0.00000192. The summed E-state index contributed by atoms with van der Waals surface area (Å²) in [6.07, 6.45) is 2.68. The minimum atomic E-state index is -3.55. The number of nitrogen functional groups attached to an aromatic ring is 1. The van der Waals surface area contributed by atoms with Crippen molar-refractivity contribution in [3.63, 3.8) is 0 Å². The summed E-state index contributed by atoms with van der Waals surface area (Å²) in [5.41, 5.74) is 8.69. The van der Waals surface area contributed by atoms with E-state index in [9.17, 15) is 8.42 Å². The Morgan fingerprint density at radius 3 is 2.70 bits per heavy atom. The highest BCUT2D eigenvalue weighted by Gasteiger charge is 2.25. The van der Waals surface area contributed by atoms with Crippen molar-refractivity contribution in [2.45, 2.75) is 30.2 Å². The number of sulfonamides is 1. The van der Waals surface area contributed by atoms with E-state index in [2.05, 4.69) is 20.7 Å². The van der Waals surface area contributed by atoms with Crippen LogP contribution in [-0.4, -0.2) is 8.42 Å². The third-order valence-electron chi connectivity index (χ3n) is 3.89. The molecule has 0 aliphatic heterocycles. The molecule has 0 spiro atoms. The molecule has 1 aliphatic rings. The van der Waals surface area contributed by atoms with Crippen molar-refractivity contribution in [2.24, 2.45) is 0 Å². The molecule has 0 saturated heterocycles. The van der Waals surface area contributed by atoms with Gasteiger partial charge in [0.15, 0.2) is 0 Å². The van der Waals surface area contributed by atoms with Crippen molar-refractivity contribution >= 4 is 44.0 Å². The highest BCUT2D eigenvalue weighted by Crippen LogP contribution is 2.32. The molecule has 0 radical (unpaired) electrons. The van der Waals surface area contributed by atoms with Gasteiger partial charge in [0.05, 0.1) is 4.90 Å². The van der Waals surface area contributed by atoms with Crippen LogP contribution in [0.1, 0.15) is 30.0 Å². The monoisotopic (exact) mass is 416 g/mol. The molecule has 124 valence electrons. The van der Waals surface area contributed by atoms with Crippen LogP contribution in [0.3, 0.4) is 0 Å². The van der Waals surface area contributed by atoms with E-state index in [0.717, 1.165) is 34.9 Å². The normalized spacial score (nSPS) is 17.2.